The highest BCUT2D eigenvalue weighted by molar-refractivity contribution is 5.81. The van der Waals surface area contributed by atoms with E-state index in [1.165, 1.54) is 25.9 Å². The molecule has 1 aromatic heterocycles. The van der Waals surface area contributed by atoms with Crippen molar-refractivity contribution in [3.8, 4) is 5.75 Å². The predicted octanol–water partition coefficient (Wildman–Crippen LogP) is 3.67. The summed E-state index contributed by atoms with van der Waals surface area (Å²) in [6, 6.07) is 4.49. The van der Waals surface area contributed by atoms with Gasteiger partial charge in [-0.25, -0.2) is 4.98 Å². The Kier molecular flexibility index (Phi) is 6.38. The van der Waals surface area contributed by atoms with Gasteiger partial charge < -0.3 is 24.3 Å². The van der Waals surface area contributed by atoms with E-state index in [9.17, 15) is 0 Å². The van der Waals surface area contributed by atoms with Gasteiger partial charge >= 0.3 is 0 Å². The van der Waals surface area contributed by atoms with Gasteiger partial charge in [0.05, 0.1) is 24.8 Å². The van der Waals surface area contributed by atoms with E-state index in [-0.39, 0.29) is 0 Å². The Hall–Kier alpha value is -1.79. The first-order valence-corrected chi connectivity index (χ1v) is 9.70. The van der Waals surface area contributed by atoms with E-state index in [1.54, 1.807) is 7.11 Å². The Labute approximate surface area is 156 Å². The van der Waals surface area contributed by atoms with Crippen LogP contribution >= 0.6 is 0 Å². The summed E-state index contributed by atoms with van der Waals surface area (Å²) >= 11 is 0. The lowest BCUT2D eigenvalue weighted by molar-refractivity contribution is 0.109. The van der Waals surface area contributed by atoms with Crippen LogP contribution in [0.25, 0.3) is 11.0 Å². The van der Waals surface area contributed by atoms with Gasteiger partial charge in [0.2, 0.25) is 5.95 Å². The lowest BCUT2D eigenvalue weighted by atomic mass is 10.1. The summed E-state index contributed by atoms with van der Waals surface area (Å²) in [7, 11) is 3.62. The molecule has 1 aliphatic rings. The van der Waals surface area contributed by atoms with Crippen LogP contribution in [-0.4, -0.2) is 54.8 Å². The van der Waals surface area contributed by atoms with Crippen molar-refractivity contribution in [2.24, 2.45) is 0 Å². The molecule has 1 aliphatic heterocycles. The normalized spacial score (nSPS) is 15.3. The molecular weight excluding hydrogens is 328 g/mol. The Bertz CT molecular complexity index is 720. The van der Waals surface area contributed by atoms with E-state index in [1.807, 2.05) is 7.05 Å². The number of likely N-dealkylation sites (tertiary alicyclic amines) is 1. The molecule has 1 fully saturated rings. The number of methoxy groups -OCH3 is 1. The van der Waals surface area contributed by atoms with Crippen LogP contribution in [0.4, 0.5) is 5.95 Å². The zero-order valence-corrected chi connectivity index (χ0v) is 16.5. The van der Waals surface area contributed by atoms with Gasteiger partial charge in [-0.1, -0.05) is 0 Å². The maximum Gasteiger partial charge on any atom is 0.203 e. The van der Waals surface area contributed by atoms with Gasteiger partial charge in [0, 0.05) is 37.9 Å². The first-order chi connectivity index (χ1) is 12.6. The Morgan fingerprint density at radius 2 is 2.00 bits per heavy atom. The van der Waals surface area contributed by atoms with Gasteiger partial charge in [-0.05, 0) is 52.3 Å². The average Bonchev–Trinajstić information content (AvgIpc) is 3.27. The Morgan fingerprint density at radius 1 is 1.23 bits per heavy atom. The number of nitrogens with one attached hydrogen (secondary N) is 1. The molecule has 1 saturated heterocycles. The van der Waals surface area contributed by atoms with Gasteiger partial charge in [0.1, 0.15) is 5.75 Å². The van der Waals surface area contributed by atoms with Crippen molar-refractivity contribution in [2.75, 3.05) is 45.7 Å². The molecule has 0 radical (unpaired) electrons. The highest BCUT2D eigenvalue weighted by atomic mass is 16.5. The van der Waals surface area contributed by atoms with Gasteiger partial charge in [0.15, 0.2) is 0 Å². The van der Waals surface area contributed by atoms with E-state index < -0.39 is 0 Å². The number of aromatic nitrogens is 2. The lowest BCUT2D eigenvalue weighted by Crippen LogP contribution is -2.21. The first kappa shape index (κ1) is 19.0. The van der Waals surface area contributed by atoms with Crippen molar-refractivity contribution < 1.29 is 9.47 Å². The number of nitrogens with zero attached hydrogens (tertiary/aromatic N) is 3. The van der Waals surface area contributed by atoms with Crippen molar-refractivity contribution in [3.05, 3.63) is 17.7 Å². The molecule has 26 heavy (non-hydrogen) atoms. The number of anilines is 1. The van der Waals surface area contributed by atoms with Crippen molar-refractivity contribution >= 4 is 17.0 Å². The summed E-state index contributed by atoms with van der Waals surface area (Å²) in [5.41, 5.74) is 3.11. The summed E-state index contributed by atoms with van der Waals surface area (Å²) < 4.78 is 13.7. The Balaban J connectivity index is 1.67. The van der Waals surface area contributed by atoms with E-state index in [0.717, 1.165) is 47.9 Å². The van der Waals surface area contributed by atoms with Crippen molar-refractivity contribution in [2.45, 2.75) is 45.8 Å². The molecule has 6 nitrogen and oxygen atoms in total. The van der Waals surface area contributed by atoms with Gasteiger partial charge in [-0.3, -0.25) is 0 Å². The molecule has 1 N–H and O–H groups in total. The van der Waals surface area contributed by atoms with Gasteiger partial charge in [0.25, 0.3) is 0 Å². The number of rotatable bonds is 9. The lowest BCUT2D eigenvalue weighted by Gasteiger charge is -2.15. The van der Waals surface area contributed by atoms with Crippen LogP contribution in [0.3, 0.4) is 0 Å². The monoisotopic (exact) mass is 360 g/mol. The van der Waals surface area contributed by atoms with Crippen LogP contribution in [0.15, 0.2) is 12.1 Å². The third kappa shape index (κ3) is 4.13. The number of hydrogen-bond acceptors (Lipinski definition) is 5. The molecule has 0 aliphatic carbocycles. The van der Waals surface area contributed by atoms with Crippen LogP contribution in [0.5, 0.6) is 5.75 Å². The fraction of sp³-hybridized carbons (Fsp3) is 0.650. The number of imidazole rings is 1. The van der Waals surface area contributed by atoms with Crippen molar-refractivity contribution in [1.82, 2.24) is 14.5 Å². The zero-order chi connectivity index (χ0) is 18.5. The van der Waals surface area contributed by atoms with Crippen LogP contribution in [0.2, 0.25) is 0 Å². The van der Waals surface area contributed by atoms with E-state index >= 15 is 0 Å². The number of hydrogen-bond donors (Lipinski definition) is 1. The van der Waals surface area contributed by atoms with Gasteiger partial charge in [-0.15, -0.1) is 0 Å². The maximum atomic E-state index is 5.92. The third-order valence-corrected chi connectivity index (χ3v) is 5.05. The topological polar surface area (TPSA) is 51.6 Å². The standard InChI is InChI=1S/C20H32N4O2/c1-15(2)24-18-13-19(25-4)16(12-17(18)22-20(24)21-3)14-26-11-7-10-23-8-5-6-9-23/h12-13,15H,5-11,14H2,1-4H3,(H,21,22). The second-order valence-electron chi connectivity index (χ2n) is 7.26. The average molecular weight is 361 g/mol. The van der Waals surface area contributed by atoms with Crippen LogP contribution in [0, 0.1) is 0 Å². The number of benzene rings is 1. The summed E-state index contributed by atoms with van der Waals surface area (Å²) in [5, 5.41) is 3.19. The summed E-state index contributed by atoms with van der Waals surface area (Å²) in [4.78, 5) is 7.24. The quantitative estimate of drug-likeness (QED) is 0.692. The largest absolute Gasteiger partial charge is 0.496 e. The molecule has 0 unspecified atom stereocenters. The minimum Gasteiger partial charge on any atom is -0.496 e. The van der Waals surface area contributed by atoms with Crippen molar-refractivity contribution in [3.63, 3.8) is 0 Å². The fourth-order valence-electron chi connectivity index (χ4n) is 3.75. The van der Waals surface area contributed by atoms with Crippen molar-refractivity contribution in [1.29, 1.82) is 0 Å². The molecule has 2 aromatic rings. The molecule has 0 bridgehead atoms. The molecule has 0 atom stereocenters. The molecule has 0 saturated carbocycles. The van der Waals surface area contributed by atoms with E-state index in [2.05, 4.69) is 40.8 Å². The molecule has 1 aromatic carbocycles. The predicted molar refractivity (Wildman–Crippen MR) is 106 cm³/mol. The minimum atomic E-state index is 0.319. The number of fused-ring (bicyclic) bond motifs is 1. The maximum absolute atomic E-state index is 5.92. The summed E-state index contributed by atoms with van der Waals surface area (Å²) in [5.74, 6) is 1.74. The summed E-state index contributed by atoms with van der Waals surface area (Å²) in [6.07, 6.45) is 3.77. The first-order valence-electron chi connectivity index (χ1n) is 9.70. The van der Waals surface area contributed by atoms with Crippen LogP contribution in [-0.2, 0) is 11.3 Å². The SMILES string of the molecule is CNc1nc2cc(COCCCN3CCCC3)c(OC)cc2n1C(C)C. The minimum absolute atomic E-state index is 0.319. The highest BCUT2D eigenvalue weighted by Gasteiger charge is 2.16. The molecule has 0 spiro atoms. The molecular formula is C20H32N4O2. The molecule has 144 valence electrons. The van der Waals surface area contributed by atoms with E-state index in [0.29, 0.717) is 12.6 Å². The highest BCUT2D eigenvalue weighted by Crippen LogP contribution is 2.31. The fourth-order valence-corrected chi connectivity index (χ4v) is 3.75. The second-order valence-corrected chi connectivity index (χ2v) is 7.26. The second kappa shape index (κ2) is 8.73. The van der Waals surface area contributed by atoms with E-state index in [4.69, 9.17) is 14.5 Å². The van der Waals surface area contributed by atoms with Crippen LogP contribution in [0.1, 0.15) is 44.7 Å². The van der Waals surface area contributed by atoms with Gasteiger partial charge in [-0.2, -0.15) is 0 Å². The molecule has 6 heteroatoms. The molecule has 2 heterocycles. The number of ether oxygens (including phenoxy) is 2. The smallest absolute Gasteiger partial charge is 0.203 e. The Morgan fingerprint density at radius 3 is 2.65 bits per heavy atom. The zero-order valence-electron chi connectivity index (χ0n) is 16.5. The third-order valence-electron chi connectivity index (χ3n) is 5.05. The molecule has 0 amide bonds. The summed E-state index contributed by atoms with van der Waals surface area (Å²) in [6.45, 7) is 9.29. The molecule has 3 rings (SSSR count). The van der Waals surface area contributed by atoms with Crippen LogP contribution < -0.4 is 10.1 Å².